The van der Waals surface area contributed by atoms with Crippen LogP contribution in [0.25, 0.3) is 0 Å². The van der Waals surface area contributed by atoms with Crippen LogP contribution in [0.15, 0.2) is 11.0 Å². The lowest BCUT2D eigenvalue weighted by molar-refractivity contribution is 0.0587. The lowest BCUT2D eigenvalue weighted by Crippen LogP contribution is -2.23. The molecule has 0 aromatic carbocycles. The molecule has 5 nitrogen and oxygen atoms in total. The Bertz CT molecular complexity index is 442. The number of ether oxygens (including phenoxy) is 1. The average molecular weight is 218 g/mol. The van der Waals surface area contributed by atoms with Gasteiger partial charge in [0.2, 0.25) is 0 Å². The van der Waals surface area contributed by atoms with Crippen molar-refractivity contribution in [2.24, 2.45) is 0 Å². The molecule has 1 aromatic heterocycles. The van der Waals surface area contributed by atoms with Crippen LogP contribution >= 0.6 is 0 Å². The van der Waals surface area contributed by atoms with Gasteiger partial charge in [-0.15, -0.1) is 0 Å². The molecule has 0 spiro atoms. The maximum absolute atomic E-state index is 12.5. The quantitative estimate of drug-likeness (QED) is 0.715. The smallest absolute Gasteiger partial charge is 0.344 e. The van der Waals surface area contributed by atoms with E-state index in [1.54, 1.807) is 0 Å². The van der Waals surface area contributed by atoms with E-state index in [0.717, 1.165) is 13.3 Å². The number of halogens is 2. The van der Waals surface area contributed by atoms with E-state index in [1.165, 1.54) is 0 Å². The van der Waals surface area contributed by atoms with Gasteiger partial charge in [0.25, 0.3) is 12.0 Å². The summed E-state index contributed by atoms with van der Waals surface area (Å²) in [7, 11) is 0.986. The maximum atomic E-state index is 12.5. The first-order valence-electron chi connectivity index (χ1n) is 3.86. The number of hydrogen-bond donors (Lipinski definition) is 2. The molecule has 0 bridgehead atoms. The summed E-state index contributed by atoms with van der Waals surface area (Å²) >= 11 is 0. The highest BCUT2D eigenvalue weighted by Crippen LogP contribution is 2.26. The number of aromatic nitrogens is 1. The minimum atomic E-state index is -3.01. The summed E-state index contributed by atoms with van der Waals surface area (Å²) in [5, 5.41) is 0. The number of pyridine rings is 1. The fourth-order valence-corrected chi connectivity index (χ4v) is 1.10. The number of anilines is 1. The Morgan fingerprint density at radius 3 is 2.67 bits per heavy atom. The van der Waals surface area contributed by atoms with Crippen LogP contribution in [-0.2, 0) is 4.74 Å². The van der Waals surface area contributed by atoms with Crippen molar-refractivity contribution in [1.82, 2.24) is 4.98 Å². The van der Waals surface area contributed by atoms with Crippen molar-refractivity contribution >= 4 is 11.7 Å². The number of aromatic amines is 1. The van der Waals surface area contributed by atoms with Crippen molar-refractivity contribution in [3.05, 3.63) is 27.7 Å². The maximum Gasteiger partial charge on any atom is 0.344 e. The van der Waals surface area contributed by atoms with Crippen molar-refractivity contribution in [2.75, 3.05) is 12.8 Å². The SMILES string of the molecule is COC(=O)c1c(C(F)F)c(N)c[nH]c1=O. The Balaban J connectivity index is 3.52. The summed E-state index contributed by atoms with van der Waals surface area (Å²) in [4.78, 5) is 24.3. The largest absolute Gasteiger partial charge is 0.465 e. The van der Waals surface area contributed by atoms with Crippen LogP contribution in [0.1, 0.15) is 22.3 Å². The molecule has 0 radical (unpaired) electrons. The summed E-state index contributed by atoms with van der Waals surface area (Å²) in [6.45, 7) is 0. The molecule has 0 saturated carbocycles. The van der Waals surface area contributed by atoms with E-state index in [4.69, 9.17) is 5.73 Å². The van der Waals surface area contributed by atoms with Crippen LogP contribution in [0, 0.1) is 0 Å². The Hall–Kier alpha value is -1.92. The third-order valence-corrected chi connectivity index (χ3v) is 1.77. The molecule has 0 saturated heterocycles. The molecular formula is C8H8F2N2O3. The van der Waals surface area contributed by atoms with Gasteiger partial charge in [0.1, 0.15) is 5.56 Å². The zero-order valence-electron chi connectivity index (χ0n) is 7.71. The monoisotopic (exact) mass is 218 g/mol. The minimum Gasteiger partial charge on any atom is -0.465 e. The fourth-order valence-electron chi connectivity index (χ4n) is 1.10. The Morgan fingerprint density at radius 1 is 1.60 bits per heavy atom. The number of nitrogen functional groups attached to an aromatic ring is 1. The van der Waals surface area contributed by atoms with E-state index in [-0.39, 0.29) is 5.69 Å². The van der Waals surface area contributed by atoms with E-state index in [9.17, 15) is 18.4 Å². The van der Waals surface area contributed by atoms with Crippen LogP contribution < -0.4 is 11.3 Å². The molecule has 1 rings (SSSR count). The lowest BCUT2D eigenvalue weighted by atomic mass is 10.1. The highest BCUT2D eigenvalue weighted by atomic mass is 19.3. The van der Waals surface area contributed by atoms with Crippen LogP contribution in [-0.4, -0.2) is 18.1 Å². The molecule has 7 heteroatoms. The lowest BCUT2D eigenvalue weighted by Gasteiger charge is -2.08. The zero-order chi connectivity index (χ0) is 11.6. The van der Waals surface area contributed by atoms with Gasteiger partial charge in [-0.05, 0) is 0 Å². The summed E-state index contributed by atoms with van der Waals surface area (Å²) in [6.07, 6.45) is -2.10. The number of hydrogen-bond acceptors (Lipinski definition) is 4. The van der Waals surface area contributed by atoms with Crippen molar-refractivity contribution in [3.8, 4) is 0 Å². The highest BCUT2D eigenvalue weighted by Gasteiger charge is 2.25. The second-order valence-electron chi connectivity index (χ2n) is 2.65. The molecule has 1 aromatic rings. The van der Waals surface area contributed by atoms with Crippen molar-refractivity contribution < 1.29 is 18.3 Å². The number of rotatable bonds is 2. The van der Waals surface area contributed by atoms with E-state index < -0.39 is 29.1 Å². The average Bonchev–Trinajstić information content (AvgIpc) is 2.19. The van der Waals surface area contributed by atoms with Crippen molar-refractivity contribution in [1.29, 1.82) is 0 Å². The molecule has 0 fully saturated rings. The van der Waals surface area contributed by atoms with Crippen LogP contribution in [0.5, 0.6) is 0 Å². The van der Waals surface area contributed by atoms with Gasteiger partial charge in [-0.3, -0.25) is 4.79 Å². The minimum absolute atomic E-state index is 0.356. The number of nitrogens with one attached hydrogen (secondary N) is 1. The van der Waals surface area contributed by atoms with Crippen LogP contribution in [0.3, 0.4) is 0 Å². The predicted molar refractivity (Wildman–Crippen MR) is 47.8 cm³/mol. The first-order chi connectivity index (χ1) is 6.99. The van der Waals surface area contributed by atoms with Crippen molar-refractivity contribution in [2.45, 2.75) is 6.43 Å². The molecule has 0 aliphatic carbocycles. The molecule has 3 N–H and O–H groups in total. The molecule has 1 heterocycles. The van der Waals surface area contributed by atoms with Gasteiger partial charge in [0.05, 0.1) is 18.4 Å². The Labute approximate surface area is 82.9 Å². The van der Waals surface area contributed by atoms with Crippen LogP contribution in [0.2, 0.25) is 0 Å². The Morgan fingerprint density at radius 2 is 2.20 bits per heavy atom. The second kappa shape index (κ2) is 4.07. The number of nitrogens with two attached hydrogens (primary N) is 1. The van der Waals surface area contributed by atoms with Gasteiger partial charge in [-0.25, -0.2) is 13.6 Å². The first-order valence-corrected chi connectivity index (χ1v) is 3.86. The summed E-state index contributed by atoms with van der Waals surface area (Å²) in [6, 6.07) is 0. The molecule has 0 aliphatic heterocycles. The van der Waals surface area contributed by atoms with Gasteiger partial charge in [0.15, 0.2) is 0 Å². The van der Waals surface area contributed by atoms with Gasteiger partial charge >= 0.3 is 5.97 Å². The first kappa shape index (κ1) is 11.2. The molecule has 0 amide bonds. The predicted octanol–water partition coefficient (Wildman–Crippen LogP) is 0.681. The number of alkyl halides is 2. The van der Waals surface area contributed by atoms with Gasteiger partial charge in [-0.1, -0.05) is 0 Å². The van der Waals surface area contributed by atoms with Gasteiger partial charge < -0.3 is 15.5 Å². The summed E-state index contributed by atoms with van der Waals surface area (Å²) in [5.74, 6) is -1.14. The third-order valence-electron chi connectivity index (χ3n) is 1.77. The molecular weight excluding hydrogens is 210 g/mol. The topological polar surface area (TPSA) is 85.2 Å². The van der Waals surface area contributed by atoms with Crippen LogP contribution in [0.4, 0.5) is 14.5 Å². The van der Waals surface area contributed by atoms with Crippen molar-refractivity contribution in [3.63, 3.8) is 0 Å². The molecule has 0 unspecified atom stereocenters. The number of carbonyl (C=O) groups is 1. The number of H-pyrrole nitrogens is 1. The zero-order valence-corrected chi connectivity index (χ0v) is 7.71. The number of methoxy groups -OCH3 is 1. The van der Waals surface area contributed by atoms with E-state index in [2.05, 4.69) is 9.72 Å². The Kier molecular flexibility index (Phi) is 3.03. The van der Waals surface area contributed by atoms with E-state index in [1.807, 2.05) is 0 Å². The van der Waals surface area contributed by atoms with E-state index in [0.29, 0.717) is 0 Å². The van der Waals surface area contributed by atoms with Gasteiger partial charge in [0, 0.05) is 6.20 Å². The normalized spacial score (nSPS) is 10.4. The standard InChI is InChI=1S/C8H8F2N2O3/c1-15-8(14)5-4(6(9)10)3(11)2-12-7(5)13/h2,6H,11H2,1H3,(H,12,13). The second-order valence-corrected chi connectivity index (χ2v) is 2.65. The number of esters is 1. The summed E-state index contributed by atoms with van der Waals surface area (Å²) in [5.41, 5.74) is 2.36. The molecule has 0 aliphatic rings. The fraction of sp³-hybridized carbons (Fsp3) is 0.250. The van der Waals surface area contributed by atoms with E-state index >= 15 is 0 Å². The molecule has 0 atom stereocenters. The highest BCUT2D eigenvalue weighted by molar-refractivity contribution is 5.92. The van der Waals surface area contributed by atoms with Gasteiger partial charge in [-0.2, -0.15) is 0 Å². The third kappa shape index (κ3) is 1.95. The molecule has 82 valence electrons. The summed E-state index contributed by atoms with van der Waals surface area (Å²) < 4.78 is 29.3. The molecule has 15 heavy (non-hydrogen) atoms. The number of carbonyl (C=O) groups excluding carboxylic acids is 1.